The molecule has 114 valence electrons. The van der Waals surface area contributed by atoms with Gasteiger partial charge in [-0.05, 0) is 43.3 Å². The zero-order valence-corrected chi connectivity index (χ0v) is 12.8. The van der Waals surface area contributed by atoms with E-state index >= 15 is 0 Å². The van der Waals surface area contributed by atoms with Gasteiger partial charge in [-0.15, -0.1) is 0 Å². The maximum absolute atomic E-state index is 10.5. The number of thiocarbonyl (C=S) groups is 1. The molecule has 0 aliphatic rings. The molecule has 0 saturated heterocycles. The average molecular weight is 318 g/mol. The summed E-state index contributed by atoms with van der Waals surface area (Å²) in [4.78, 5) is 9.87. The molecular weight excluding hydrogens is 304 g/mol. The molecule has 2 N–H and O–H groups in total. The summed E-state index contributed by atoms with van der Waals surface area (Å²) >= 11 is 5.14. The molecule has 0 aliphatic heterocycles. The highest BCUT2D eigenvalue weighted by Crippen LogP contribution is 2.19. The van der Waals surface area contributed by atoms with Gasteiger partial charge >= 0.3 is 5.88 Å². The fourth-order valence-corrected chi connectivity index (χ4v) is 1.97. The molecule has 8 heteroatoms. The number of hydrazone groups is 1. The number of benzene rings is 1. The van der Waals surface area contributed by atoms with E-state index in [0.717, 1.165) is 16.8 Å². The Hall–Kier alpha value is -2.74. The molecule has 2 aromatic rings. The van der Waals surface area contributed by atoms with E-state index in [0.29, 0.717) is 5.11 Å². The molecule has 1 aromatic carbocycles. The molecule has 0 unspecified atom stereocenters. The summed E-state index contributed by atoms with van der Waals surface area (Å²) in [5.41, 5.74) is 5.68. The molecule has 7 nitrogen and oxygen atoms in total. The summed E-state index contributed by atoms with van der Waals surface area (Å²) < 4.78 is 4.93. The third kappa shape index (κ3) is 3.89. The summed E-state index contributed by atoms with van der Waals surface area (Å²) in [5.74, 6) is -0.0771. The number of nitro groups is 1. The lowest BCUT2D eigenvalue weighted by atomic mass is 10.1. The summed E-state index contributed by atoms with van der Waals surface area (Å²) in [7, 11) is 0. The zero-order valence-electron chi connectivity index (χ0n) is 12.0. The minimum Gasteiger partial charge on any atom is -0.400 e. The molecule has 0 aliphatic carbocycles. The number of nitrogens with zero attached hydrogens (tertiary/aromatic N) is 2. The molecule has 1 aromatic heterocycles. The van der Waals surface area contributed by atoms with Gasteiger partial charge in [-0.2, -0.15) is 5.10 Å². The average Bonchev–Trinajstić information content (AvgIpc) is 2.92. The van der Waals surface area contributed by atoms with Crippen LogP contribution in [0.25, 0.3) is 0 Å². The van der Waals surface area contributed by atoms with Crippen molar-refractivity contribution in [2.45, 2.75) is 13.8 Å². The van der Waals surface area contributed by atoms with Crippen LogP contribution in [0.1, 0.15) is 16.9 Å². The van der Waals surface area contributed by atoms with E-state index in [-0.39, 0.29) is 11.6 Å². The highest BCUT2D eigenvalue weighted by molar-refractivity contribution is 7.80. The molecule has 0 spiro atoms. The first-order chi connectivity index (χ1) is 10.5. The first kappa shape index (κ1) is 15.6. The van der Waals surface area contributed by atoms with Crippen LogP contribution in [0.3, 0.4) is 0 Å². The van der Waals surface area contributed by atoms with E-state index in [2.05, 4.69) is 15.8 Å². The number of rotatable bonds is 4. The molecule has 2 rings (SSSR count). The second-order valence-corrected chi connectivity index (χ2v) is 4.93. The van der Waals surface area contributed by atoms with Gasteiger partial charge in [0.2, 0.25) is 0 Å². The first-order valence-corrected chi connectivity index (χ1v) is 6.78. The van der Waals surface area contributed by atoms with Crippen LogP contribution in [-0.2, 0) is 0 Å². The SMILES string of the molecule is Cc1cccc(C)c1NC(=S)N/N=C\c1ccc([N+](=O)[O-])o1. The Balaban J connectivity index is 1.95. The van der Waals surface area contributed by atoms with Gasteiger partial charge in [-0.3, -0.25) is 15.5 Å². The Morgan fingerprint density at radius 3 is 2.59 bits per heavy atom. The quantitative estimate of drug-likeness (QED) is 0.389. The number of hydrogen-bond donors (Lipinski definition) is 2. The summed E-state index contributed by atoms with van der Waals surface area (Å²) in [5, 5.41) is 17.7. The van der Waals surface area contributed by atoms with Crippen LogP contribution in [0, 0.1) is 24.0 Å². The van der Waals surface area contributed by atoms with Crippen LogP contribution in [0.2, 0.25) is 0 Å². The normalized spacial score (nSPS) is 10.6. The highest BCUT2D eigenvalue weighted by Gasteiger charge is 2.10. The van der Waals surface area contributed by atoms with Crippen molar-refractivity contribution in [1.82, 2.24) is 5.43 Å². The number of nitrogens with one attached hydrogen (secondary N) is 2. The van der Waals surface area contributed by atoms with Gasteiger partial charge in [0.15, 0.2) is 10.9 Å². The van der Waals surface area contributed by atoms with Crippen molar-refractivity contribution in [2.24, 2.45) is 5.10 Å². The molecule has 0 fully saturated rings. The minimum atomic E-state index is -0.613. The van der Waals surface area contributed by atoms with Crippen molar-refractivity contribution in [3.63, 3.8) is 0 Å². The molecule has 0 amide bonds. The van der Waals surface area contributed by atoms with Crippen LogP contribution in [0.15, 0.2) is 39.9 Å². The van der Waals surface area contributed by atoms with Gasteiger partial charge in [-0.1, -0.05) is 18.2 Å². The van der Waals surface area contributed by atoms with Crippen LogP contribution in [0.5, 0.6) is 0 Å². The van der Waals surface area contributed by atoms with Crippen LogP contribution < -0.4 is 10.7 Å². The second-order valence-electron chi connectivity index (χ2n) is 4.52. The smallest absolute Gasteiger partial charge is 0.400 e. The number of anilines is 1. The molecule has 0 radical (unpaired) electrons. The van der Waals surface area contributed by atoms with Crippen molar-refractivity contribution in [1.29, 1.82) is 0 Å². The van der Waals surface area contributed by atoms with Crippen LogP contribution in [0.4, 0.5) is 11.6 Å². The van der Waals surface area contributed by atoms with Gasteiger partial charge in [0, 0.05) is 5.69 Å². The number of furan rings is 1. The van der Waals surface area contributed by atoms with E-state index in [9.17, 15) is 10.1 Å². The number of hydrogen-bond acceptors (Lipinski definition) is 5. The zero-order chi connectivity index (χ0) is 16.1. The standard InChI is InChI=1S/C14H14N4O3S/c1-9-4-3-5-10(2)13(9)16-14(22)17-15-8-11-6-7-12(21-11)18(19)20/h3-8H,1-2H3,(H2,16,17,22)/b15-8-. The summed E-state index contributed by atoms with van der Waals surface area (Å²) in [6.45, 7) is 3.95. The van der Waals surface area contributed by atoms with Crippen molar-refractivity contribution in [3.05, 3.63) is 57.3 Å². The van der Waals surface area contributed by atoms with Gasteiger partial charge in [0.1, 0.15) is 4.92 Å². The van der Waals surface area contributed by atoms with E-state index in [1.165, 1.54) is 18.3 Å². The number of aryl methyl sites for hydroxylation is 2. The van der Waals surface area contributed by atoms with Crippen LogP contribution >= 0.6 is 12.2 Å². The van der Waals surface area contributed by atoms with Crippen molar-refractivity contribution in [3.8, 4) is 0 Å². The molecular formula is C14H14N4O3S. The van der Waals surface area contributed by atoms with Crippen LogP contribution in [-0.4, -0.2) is 16.3 Å². The van der Waals surface area contributed by atoms with E-state index in [1.54, 1.807) is 0 Å². The summed E-state index contributed by atoms with van der Waals surface area (Å²) in [6, 6.07) is 8.63. The topological polar surface area (TPSA) is 92.7 Å². The largest absolute Gasteiger partial charge is 0.433 e. The fraction of sp³-hybridized carbons (Fsp3) is 0.143. The maximum Gasteiger partial charge on any atom is 0.433 e. The summed E-state index contributed by atoms with van der Waals surface area (Å²) in [6.07, 6.45) is 1.31. The van der Waals surface area contributed by atoms with Gasteiger partial charge < -0.3 is 9.73 Å². The lowest BCUT2D eigenvalue weighted by Crippen LogP contribution is -2.24. The van der Waals surface area contributed by atoms with E-state index in [4.69, 9.17) is 16.6 Å². The monoisotopic (exact) mass is 318 g/mol. The molecule has 0 bridgehead atoms. The Morgan fingerprint density at radius 2 is 2.00 bits per heavy atom. The maximum atomic E-state index is 10.5. The second kappa shape index (κ2) is 6.81. The number of para-hydroxylation sites is 1. The Labute approximate surface area is 132 Å². The van der Waals surface area contributed by atoms with Crippen molar-refractivity contribution >= 4 is 35.1 Å². The Morgan fingerprint density at radius 1 is 1.32 bits per heavy atom. The Bertz CT molecular complexity index is 719. The van der Waals surface area contributed by atoms with E-state index < -0.39 is 4.92 Å². The minimum absolute atomic E-state index is 0.258. The molecule has 1 heterocycles. The fourth-order valence-electron chi connectivity index (χ4n) is 1.82. The predicted octanol–water partition coefficient (Wildman–Crippen LogP) is 3.13. The van der Waals surface area contributed by atoms with Gasteiger partial charge in [-0.25, -0.2) is 0 Å². The Kier molecular flexibility index (Phi) is 4.84. The lowest BCUT2D eigenvalue weighted by Gasteiger charge is -2.12. The van der Waals surface area contributed by atoms with Crippen molar-refractivity contribution in [2.75, 3.05) is 5.32 Å². The predicted molar refractivity (Wildman–Crippen MR) is 88.2 cm³/mol. The third-order valence-electron chi connectivity index (χ3n) is 2.87. The molecule has 22 heavy (non-hydrogen) atoms. The van der Waals surface area contributed by atoms with Gasteiger partial charge in [0.05, 0.1) is 12.3 Å². The first-order valence-electron chi connectivity index (χ1n) is 6.38. The lowest BCUT2D eigenvalue weighted by molar-refractivity contribution is -0.402. The molecule has 0 saturated carbocycles. The van der Waals surface area contributed by atoms with E-state index in [1.807, 2.05) is 32.0 Å². The third-order valence-corrected chi connectivity index (χ3v) is 3.06. The molecule has 0 atom stereocenters. The highest BCUT2D eigenvalue weighted by atomic mass is 32.1. The van der Waals surface area contributed by atoms with Gasteiger partial charge in [0.25, 0.3) is 0 Å². The van der Waals surface area contributed by atoms with Crippen molar-refractivity contribution < 1.29 is 9.34 Å².